The molecule has 2 aliphatic carbocycles. The van der Waals surface area contributed by atoms with E-state index in [1.807, 2.05) is 26.0 Å². The van der Waals surface area contributed by atoms with Crippen molar-refractivity contribution in [1.82, 2.24) is 0 Å². The van der Waals surface area contributed by atoms with E-state index in [1.54, 1.807) is 6.07 Å². The molecule has 1 heterocycles. The fourth-order valence-corrected chi connectivity index (χ4v) is 5.10. The molecule has 31 heavy (non-hydrogen) atoms. The van der Waals surface area contributed by atoms with Crippen LogP contribution in [0.5, 0.6) is 0 Å². The number of carbonyl (C=O) groups excluding carboxylic acids is 3. The molecule has 4 atom stereocenters. The van der Waals surface area contributed by atoms with Gasteiger partial charge in [0.1, 0.15) is 6.10 Å². The second-order valence-electron chi connectivity index (χ2n) is 9.84. The van der Waals surface area contributed by atoms with E-state index >= 15 is 0 Å². The van der Waals surface area contributed by atoms with Crippen LogP contribution in [0.15, 0.2) is 42.0 Å². The molecule has 1 aromatic carbocycles. The van der Waals surface area contributed by atoms with Crippen molar-refractivity contribution >= 4 is 17.5 Å². The minimum absolute atomic E-state index is 0.0879. The summed E-state index contributed by atoms with van der Waals surface area (Å²) in [7, 11) is 0. The first-order valence-electron chi connectivity index (χ1n) is 11.0. The van der Waals surface area contributed by atoms with Crippen LogP contribution in [0.25, 0.3) is 0 Å². The number of carbonyl (C=O) groups is 3. The minimum Gasteiger partial charge on any atom is -0.459 e. The largest absolute Gasteiger partial charge is 0.459 e. The number of epoxide rings is 1. The van der Waals surface area contributed by atoms with E-state index in [4.69, 9.17) is 9.47 Å². The van der Waals surface area contributed by atoms with Gasteiger partial charge >= 0.3 is 5.97 Å². The topological polar surface area (TPSA) is 73.0 Å². The van der Waals surface area contributed by atoms with Crippen LogP contribution < -0.4 is 0 Å². The molecular weight excluding hydrogens is 392 g/mol. The van der Waals surface area contributed by atoms with E-state index in [1.165, 1.54) is 11.6 Å². The lowest BCUT2D eigenvalue weighted by Crippen LogP contribution is -2.44. The average Bonchev–Trinajstić information content (AvgIpc) is 3.49. The quantitative estimate of drug-likeness (QED) is 0.299. The zero-order valence-corrected chi connectivity index (χ0v) is 18.7. The number of hydrogen-bond donors (Lipinski definition) is 0. The Bertz CT molecular complexity index is 995. The normalized spacial score (nSPS) is 28.5. The van der Waals surface area contributed by atoms with Crippen molar-refractivity contribution in [2.24, 2.45) is 11.3 Å². The van der Waals surface area contributed by atoms with E-state index in [9.17, 15) is 14.4 Å². The van der Waals surface area contributed by atoms with E-state index < -0.39 is 12.2 Å². The molecule has 1 saturated heterocycles. The first-order chi connectivity index (χ1) is 14.6. The van der Waals surface area contributed by atoms with Crippen LogP contribution in [-0.4, -0.2) is 35.8 Å². The van der Waals surface area contributed by atoms with Gasteiger partial charge in [-0.2, -0.15) is 0 Å². The molecule has 4 rings (SSSR count). The van der Waals surface area contributed by atoms with Gasteiger partial charge in [-0.25, -0.2) is 4.79 Å². The average molecular weight is 423 g/mol. The number of benzene rings is 1. The molecule has 1 aliphatic heterocycles. The zero-order valence-electron chi connectivity index (χ0n) is 18.7. The van der Waals surface area contributed by atoms with Crippen LogP contribution >= 0.6 is 0 Å². The minimum atomic E-state index is -0.580. The molecule has 0 spiro atoms. The third kappa shape index (κ3) is 4.03. The highest BCUT2D eigenvalue weighted by Gasteiger charge is 2.55. The van der Waals surface area contributed by atoms with Crippen molar-refractivity contribution < 1.29 is 23.9 Å². The first kappa shape index (κ1) is 21.7. The molecule has 0 bridgehead atoms. The van der Waals surface area contributed by atoms with Crippen LogP contribution in [0.2, 0.25) is 0 Å². The Morgan fingerprint density at radius 1 is 1.19 bits per heavy atom. The summed E-state index contributed by atoms with van der Waals surface area (Å²) in [5.74, 6) is -0.276. The molecule has 0 radical (unpaired) electrons. The lowest BCUT2D eigenvalue weighted by Gasteiger charge is -2.45. The van der Waals surface area contributed by atoms with E-state index in [0.29, 0.717) is 11.1 Å². The summed E-state index contributed by atoms with van der Waals surface area (Å²) < 4.78 is 11.0. The smallest absolute Gasteiger partial charge is 0.330 e. The van der Waals surface area contributed by atoms with Gasteiger partial charge in [-0.15, -0.1) is 0 Å². The predicted octanol–water partition coefficient (Wildman–Crippen LogP) is 4.64. The summed E-state index contributed by atoms with van der Waals surface area (Å²) >= 11 is 0. The molecule has 5 heteroatoms. The predicted molar refractivity (Wildman–Crippen MR) is 117 cm³/mol. The van der Waals surface area contributed by atoms with Gasteiger partial charge in [0.05, 0.1) is 0 Å². The third-order valence-corrected chi connectivity index (χ3v) is 6.96. The van der Waals surface area contributed by atoms with E-state index in [2.05, 4.69) is 20.4 Å². The van der Waals surface area contributed by atoms with Crippen LogP contribution in [-0.2, 0) is 20.7 Å². The summed E-state index contributed by atoms with van der Waals surface area (Å²) in [5.41, 5.74) is 3.83. The third-order valence-electron chi connectivity index (χ3n) is 6.96. The van der Waals surface area contributed by atoms with Crippen LogP contribution in [0, 0.1) is 11.3 Å². The Kier molecular flexibility index (Phi) is 5.50. The number of rotatable bonds is 5. The first-order valence-corrected chi connectivity index (χ1v) is 11.0. The van der Waals surface area contributed by atoms with E-state index in [-0.39, 0.29) is 35.0 Å². The van der Waals surface area contributed by atoms with Crippen molar-refractivity contribution in [3.05, 3.63) is 58.7 Å². The molecule has 5 nitrogen and oxygen atoms in total. The van der Waals surface area contributed by atoms with Gasteiger partial charge in [-0.05, 0) is 57.1 Å². The molecule has 2 fully saturated rings. The van der Waals surface area contributed by atoms with Crippen molar-refractivity contribution in [3.8, 4) is 0 Å². The number of hydrogen-bond acceptors (Lipinski definition) is 5. The number of aryl methyl sites for hydroxylation is 1. The number of Topliss-reactive ketones (excluding diaryl/α,β-unsaturated/α-hetero) is 2. The Morgan fingerprint density at radius 2 is 1.87 bits per heavy atom. The Balaban J connectivity index is 1.48. The molecule has 3 aliphatic rings. The van der Waals surface area contributed by atoms with Crippen molar-refractivity contribution in [2.45, 2.75) is 71.7 Å². The Labute approximate surface area is 183 Å². The number of ether oxygens (including phenoxy) is 2. The zero-order chi connectivity index (χ0) is 22.5. The molecule has 164 valence electrons. The molecule has 1 saturated carbocycles. The summed E-state index contributed by atoms with van der Waals surface area (Å²) in [4.78, 5) is 37.0. The van der Waals surface area contributed by atoms with Crippen LogP contribution in [0.4, 0.5) is 0 Å². The number of allylic oxidation sites excluding steroid dienone is 2. The molecule has 0 N–H and O–H groups in total. The van der Waals surface area contributed by atoms with Gasteiger partial charge in [0, 0.05) is 22.6 Å². The highest BCUT2D eigenvalue weighted by atomic mass is 16.6. The van der Waals surface area contributed by atoms with E-state index in [0.717, 1.165) is 36.8 Å². The fourth-order valence-electron chi connectivity index (χ4n) is 5.10. The molecule has 1 aromatic rings. The highest BCUT2D eigenvalue weighted by Crippen LogP contribution is 2.47. The molecule has 3 unspecified atom stereocenters. The molecular formula is C26H30O5. The van der Waals surface area contributed by atoms with Gasteiger partial charge < -0.3 is 9.47 Å². The number of fused-ring (bicyclic) bond motifs is 2. The maximum Gasteiger partial charge on any atom is 0.330 e. The fraction of sp³-hybridized carbons (Fsp3) is 0.500. The maximum absolute atomic E-state index is 12.5. The molecule has 0 amide bonds. The van der Waals surface area contributed by atoms with Crippen molar-refractivity contribution in [3.63, 3.8) is 0 Å². The van der Waals surface area contributed by atoms with Crippen LogP contribution in [0.3, 0.4) is 0 Å². The van der Waals surface area contributed by atoms with Crippen molar-refractivity contribution in [2.75, 3.05) is 0 Å². The lowest BCUT2D eigenvalue weighted by atomic mass is 9.63. The van der Waals surface area contributed by atoms with Gasteiger partial charge in [0.2, 0.25) is 0 Å². The number of ketones is 2. The summed E-state index contributed by atoms with van der Waals surface area (Å²) in [5, 5.41) is 0. The number of esters is 1. The maximum atomic E-state index is 12.5. The SMILES string of the molecule is C=C1CC[C@H](OC(=O)C=C(C)C)C(C)(C)C1CCc1ccc2c(c1)C(=O)C1OC1C2=O. The lowest BCUT2D eigenvalue weighted by molar-refractivity contribution is -0.153. The second kappa shape index (κ2) is 7.86. The molecule has 0 aromatic heterocycles. The van der Waals surface area contributed by atoms with Gasteiger partial charge in [0.25, 0.3) is 0 Å². The summed E-state index contributed by atoms with van der Waals surface area (Å²) in [6.45, 7) is 12.3. The van der Waals surface area contributed by atoms with Gasteiger partial charge in [-0.1, -0.05) is 43.7 Å². The summed E-state index contributed by atoms with van der Waals surface area (Å²) in [6, 6.07) is 5.53. The summed E-state index contributed by atoms with van der Waals surface area (Å²) in [6.07, 6.45) is 3.43. The van der Waals surface area contributed by atoms with Gasteiger partial charge in [-0.3, -0.25) is 9.59 Å². The highest BCUT2D eigenvalue weighted by molar-refractivity contribution is 6.20. The monoisotopic (exact) mass is 422 g/mol. The Hall–Kier alpha value is -2.53. The van der Waals surface area contributed by atoms with Gasteiger partial charge in [0.15, 0.2) is 23.8 Å². The Morgan fingerprint density at radius 3 is 2.55 bits per heavy atom. The standard InChI is InChI=1S/C26H30O5/c1-14(2)12-21(27)30-20-11-6-15(3)19(26(20,4)5)10-8-16-7-9-17-18(13-16)23(29)25-24(31-25)22(17)28/h7,9,12-13,19-20,24-25H,3,6,8,10-11H2,1-2,4-5H3/t19?,20-,24?,25?/m0/s1. The second-order valence-corrected chi connectivity index (χ2v) is 9.84. The van der Waals surface area contributed by atoms with Crippen molar-refractivity contribution in [1.29, 1.82) is 0 Å². The van der Waals surface area contributed by atoms with Crippen LogP contribution in [0.1, 0.15) is 73.2 Å².